The summed E-state index contributed by atoms with van der Waals surface area (Å²) in [5.74, 6) is -0.159. The van der Waals surface area contributed by atoms with E-state index in [1.165, 1.54) is 15.3 Å². The van der Waals surface area contributed by atoms with E-state index < -0.39 is 0 Å². The number of aryl methyl sites for hydroxylation is 3. The molecule has 3 heteroatoms. The van der Waals surface area contributed by atoms with Crippen LogP contribution in [0, 0.1) is 26.6 Å². The Hall–Kier alpha value is -1.19. The van der Waals surface area contributed by atoms with Crippen LogP contribution in [0.1, 0.15) is 45.8 Å². The van der Waals surface area contributed by atoms with E-state index in [1.54, 1.807) is 23.5 Å². The van der Waals surface area contributed by atoms with Crippen LogP contribution < -0.4 is 5.32 Å². The summed E-state index contributed by atoms with van der Waals surface area (Å²) in [5.41, 5.74) is 3.25. The highest BCUT2D eigenvalue weighted by atomic mass is 32.1. The summed E-state index contributed by atoms with van der Waals surface area (Å²) in [6.07, 6.45) is 1.06. The maximum absolute atomic E-state index is 13.7. The van der Waals surface area contributed by atoms with Gasteiger partial charge in [-0.1, -0.05) is 13.0 Å². The minimum Gasteiger partial charge on any atom is -0.306 e. The molecule has 1 heterocycles. The first-order valence-electron chi connectivity index (χ1n) is 7.08. The maximum Gasteiger partial charge on any atom is 0.123 e. The average molecular weight is 291 g/mol. The average Bonchev–Trinajstić information content (AvgIpc) is 2.68. The number of nitrogens with one attached hydrogen (secondary N) is 1. The normalized spacial score (nSPS) is 12.7. The molecule has 0 bridgehead atoms. The van der Waals surface area contributed by atoms with Crippen LogP contribution in [0.5, 0.6) is 0 Å². The molecule has 1 unspecified atom stereocenters. The third-order valence-electron chi connectivity index (χ3n) is 3.39. The Bertz CT molecular complexity index is 568. The van der Waals surface area contributed by atoms with Crippen LogP contribution >= 0.6 is 11.3 Å². The van der Waals surface area contributed by atoms with Gasteiger partial charge in [-0.25, -0.2) is 4.39 Å². The summed E-state index contributed by atoms with van der Waals surface area (Å²) < 4.78 is 13.7. The number of hydrogen-bond donors (Lipinski definition) is 1. The van der Waals surface area contributed by atoms with Crippen LogP contribution in [-0.4, -0.2) is 6.54 Å². The van der Waals surface area contributed by atoms with E-state index in [1.807, 2.05) is 6.92 Å². The van der Waals surface area contributed by atoms with E-state index in [2.05, 4.69) is 38.2 Å². The van der Waals surface area contributed by atoms with Crippen molar-refractivity contribution in [2.24, 2.45) is 0 Å². The molecule has 0 amide bonds. The van der Waals surface area contributed by atoms with Crippen molar-refractivity contribution in [3.05, 3.63) is 56.5 Å². The van der Waals surface area contributed by atoms with Gasteiger partial charge in [-0.05, 0) is 68.6 Å². The fourth-order valence-electron chi connectivity index (χ4n) is 2.56. The van der Waals surface area contributed by atoms with Gasteiger partial charge in [0.1, 0.15) is 5.82 Å². The summed E-state index contributed by atoms with van der Waals surface area (Å²) in [6.45, 7) is 9.27. The topological polar surface area (TPSA) is 12.0 Å². The van der Waals surface area contributed by atoms with Gasteiger partial charge < -0.3 is 5.32 Å². The zero-order valence-electron chi connectivity index (χ0n) is 12.6. The monoisotopic (exact) mass is 291 g/mol. The second kappa shape index (κ2) is 6.51. The lowest BCUT2D eigenvalue weighted by Gasteiger charge is -2.20. The van der Waals surface area contributed by atoms with Crippen molar-refractivity contribution in [1.29, 1.82) is 0 Å². The predicted octanol–water partition coefficient (Wildman–Crippen LogP) is 4.90. The molecule has 0 radical (unpaired) electrons. The van der Waals surface area contributed by atoms with Gasteiger partial charge in [0.15, 0.2) is 0 Å². The van der Waals surface area contributed by atoms with E-state index in [0.717, 1.165) is 24.1 Å². The highest BCUT2D eigenvalue weighted by molar-refractivity contribution is 7.12. The molecule has 20 heavy (non-hydrogen) atoms. The van der Waals surface area contributed by atoms with Crippen LogP contribution in [0.2, 0.25) is 0 Å². The van der Waals surface area contributed by atoms with Crippen LogP contribution in [0.25, 0.3) is 0 Å². The van der Waals surface area contributed by atoms with Crippen molar-refractivity contribution in [2.45, 2.75) is 40.2 Å². The summed E-state index contributed by atoms with van der Waals surface area (Å²) in [7, 11) is 0. The standard InChI is InChI=1S/C17H22FNS/c1-5-6-19-17(16-9-12(3)20-13(16)4)14-7-11(2)8-15(18)10-14/h7-10,17,19H,5-6H2,1-4H3. The molecule has 108 valence electrons. The maximum atomic E-state index is 13.7. The molecule has 0 fully saturated rings. The molecule has 0 aliphatic rings. The second-order valence-electron chi connectivity index (χ2n) is 5.32. The molecule has 1 aromatic carbocycles. The highest BCUT2D eigenvalue weighted by Gasteiger charge is 2.18. The van der Waals surface area contributed by atoms with E-state index in [4.69, 9.17) is 0 Å². The van der Waals surface area contributed by atoms with Crippen molar-refractivity contribution in [3.63, 3.8) is 0 Å². The van der Waals surface area contributed by atoms with Crippen molar-refractivity contribution >= 4 is 11.3 Å². The molecule has 1 atom stereocenters. The smallest absolute Gasteiger partial charge is 0.123 e. The number of halogens is 1. The van der Waals surface area contributed by atoms with Crippen molar-refractivity contribution in [1.82, 2.24) is 5.32 Å². The van der Waals surface area contributed by atoms with Crippen LogP contribution in [0.4, 0.5) is 4.39 Å². The van der Waals surface area contributed by atoms with Gasteiger partial charge in [0, 0.05) is 9.75 Å². The van der Waals surface area contributed by atoms with Gasteiger partial charge in [0.05, 0.1) is 6.04 Å². The third-order valence-corrected chi connectivity index (χ3v) is 4.37. The minimum absolute atomic E-state index is 0.0781. The summed E-state index contributed by atoms with van der Waals surface area (Å²) in [4.78, 5) is 2.60. The van der Waals surface area contributed by atoms with E-state index >= 15 is 0 Å². The van der Waals surface area contributed by atoms with Gasteiger partial charge in [0.2, 0.25) is 0 Å². The van der Waals surface area contributed by atoms with E-state index in [-0.39, 0.29) is 11.9 Å². The van der Waals surface area contributed by atoms with E-state index in [0.29, 0.717) is 0 Å². The minimum atomic E-state index is -0.159. The molecule has 0 aliphatic heterocycles. The molecule has 1 nitrogen and oxygen atoms in total. The first kappa shape index (κ1) is 15.2. The lowest BCUT2D eigenvalue weighted by Crippen LogP contribution is -2.23. The van der Waals surface area contributed by atoms with Crippen molar-refractivity contribution in [3.8, 4) is 0 Å². The molecule has 1 N–H and O–H groups in total. The molecular formula is C17H22FNS. The number of benzene rings is 1. The van der Waals surface area contributed by atoms with Crippen molar-refractivity contribution in [2.75, 3.05) is 6.54 Å². The first-order chi connectivity index (χ1) is 9.51. The third kappa shape index (κ3) is 3.47. The quantitative estimate of drug-likeness (QED) is 0.826. The van der Waals surface area contributed by atoms with E-state index in [9.17, 15) is 4.39 Å². The largest absolute Gasteiger partial charge is 0.306 e. The van der Waals surface area contributed by atoms with Gasteiger partial charge in [-0.15, -0.1) is 11.3 Å². The Morgan fingerprint density at radius 1 is 1.15 bits per heavy atom. The predicted molar refractivity (Wildman–Crippen MR) is 85.1 cm³/mol. The Balaban J connectivity index is 2.43. The molecule has 1 aromatic heterocycles. The zero-order valence-corrected chi connectivity index (χ0v) is 13.4. The molecule has 0 aliphatic carbocycles. The second-order valence-corrected chi connectivity index (χ2v) is 6.78. The SMILES string of the molecule is CCCNC(c1cc(C)cc(F)c1)c1cc(C)sc1C. The summed E-state index contributed by atoms with van der Waals surface area (Å²) in [6, 6.07) is 7.59. The molecule has 2 rings (SSSR count). The first-order valence-corrected chi connectivity index (χ1v) is 7.90. The molecule has 0 saturated heterocycles. The van der Waals surface area contributed by atoms with Crippen LogP contribution in [-0.2, 0) is 0 Å². The number of thiophene rings is 1. The number of rotatable bonds is 5. The Morgan fingerprint density at radius 2 is 1.90 bits per heavy atom. The number of hydrogen-bond acceptors (Lipinski definition) is 2. The van der Waals surface area contributed by atoms with Gasteiger partial charge in [0.25, 0.3) is 0 Å². The van der Waals surface area contributed by atoms with Gasteiger partial charge in [-0.2, -0.15) is 0 Å². The Morgan fingerprint density at radius 3 is 2.45 bits per heavy atom. The molecular weight excluding hydrogens is 269 g/mol. The van der Waals surface area contributed by atoms with Gasteiger partial charge in [-0.3, -0.25) is 0 Å². The zero-order chi connectivity index (χ0) is 14.7. The summed E-state index contributed by atoms with van der Waals surface area (Å²) >= 11 is 1.80. The Kier molecular flexibility index (Phi) is 4.95. The summed E-state index contributed by atoms with van der Waals surface area (Å²) in [5, 5.41) is 3.55. The van der Waals surface area contributed by atoms with Gasteiger partial charge >= 0.3 is 0 Å². The highest BCUT2D eigenvalue weighted by Crippen LogP contribution is 2.31. The molecule has 2 aromatic rings. The van der Waals surface area contributed by atoms with Crippen LogP contribution in [0.3, 0.4) is 0 Å². The lowest BCUT2D eigenvalue weighted by atomic mass is 9.97. The lowest BCUT2D eigenvalue weighted by molar-refractivity contribution is 0.584. The Labute approximate surface area is 124 Å². The molecule has 0 spiro atoms. The van der Waals surface area contributed by atoms with Crippen molar-refractivity contribution < 1.29 is 4.39 Å². The van der Waals surface area contributed by atoms with Crippen LogP contribution in [0.15, 0.2) is 24.3 Å². The fraction of sp³-hybridized carbons (Fsp3) is 0.412. The molecule has 0 saturated carbocycles. The fourth-order valence-corrected chi connectivity index (χ4v) is 3.53.